The molecule has 0 spiro atoms. The molecule has 1 amide bonds. The first-order valence-electron chi connectivity index (χ1n) is 7.29. The number of hydrogen-bond donors (Lipinski definition) is 1. The van der Waals surface area contributed by atoms with Crippen LogP contribution < -0.4 is 5.32 Å². The number of aromatic nitrogens is 1. The summed E-state index contributed by atoms with van der Waals surface area (Å²) in [5.74, 6) is 1.30. The van der Waals surface area contributed by atoms with Gasteiger partial charge in [0.15, 0.2) is 0 Å². The summed E-state index contributed by atoms with van der Waals surface area (Å²) in [6, 6.07) is 0. The Morgan fingerprint density at radius 1 is 1.40 bits per heavy atom. The molecule has 1 N–H and O–H groups in total. The van der Waals surface area contributed by atoms with Gasteiger partial charge in [-0.25, -0.2) is 0 Å². The molecule has 3 atom stereocenters. The van der Waals surface area contributed by atoms with Gasteiger partial charge in [0.2, 0.25) is 5.91 Å². The molecule has 2 heterocycles. The summed E-state index contributed by atoms with van der Waals surface area (Å²) in [5, 5.41) is 7.11. The Morgan fingerprint density at radius 3 is 2.70 bits per heavy atom. The molecule has 5 heteroatoms. The topological polar surface area (TPSA) is 64.4 Å². The van der Waals surface area contributed by atoms with Gasteiger partial charge in [-0.3, -0.25) is 4.79 Å². The van der Waals surface area contributed by atoms with Crippen LogP contribution in [0.5, 0.6) is 0 Å². The fourth-order valence-corrected chi connectivity index (χ4v) is 3.62. The Morgan fingerprint density at radius 2 is 2.15 bits per heavy atom. The third-order valence-electron chi connectivity index (χ3n) is 4.49. The van der Waals surface area contributed by atoms with E-state index in [2.05, 4.69) is 10.5 Å². The van der Waals surface area contributed by atoms with E-state index in [1.54, 1.807) is 0 Å². The van der Waals surface area contributed by atoms with Crippen molar-refractivity contribution in [2.24, 2.45) is 11.8 Å². The van der Waals surface area contributed by atoms with Crippen LogP contribution in [0.15, 0.2) is 4.52 Å². The first-order chi connectivity index (χ1) is 9.42. The second-order valence-corrected chi connectivity index (χ2v) is 6.48. The van der Waals surface area contributed by atoms with Crippen LogP contribution in [0.2, 0.25) is 0 Å². The highest BCUT2D eigenvalue weighted by Gasteiger charge is 2.57. The van der Waals surface area contributed by atoms with Crippen LogP contribution in [0.1, 0.15) is 43.7 Å². The van der Waals surface area contributed by atoms with Crippen LogP contribution in [-0.2, 0) is 15.1 Å². The highest BCUT2D eigenvalue weighted by atomic mass is 16.5. The Bertz CT molecular complexity index is 504. The van der Waals surface area contributed by atoms with E-state index in [1.807, 2.05) is 27.7 Å². The zero-order chi connectivity index (χ0) is 14.5. The van der Waals surface area contributed by atoms with Crippen molar-refractivity contribution >= 4 is 5.91 Å². The lowest BCUT2D eigenvalue weighted by Crippen LogP contribution is -2.43. The van der Waals surface area contributed by atoms with Crippen molar-refractivity contribution < 1.29 is 14.1 Å². The number of rotatable bonds is 3. The van der Waals surface area contributed by atoms with Gasteiger partial charge in [-0.1, -0.05) is 5.16 Å². The van der Waals surface area contributed by atoms with Gasteiger partial charge in [-0.2, -0.15) is 0 Å². The number of hydrogen-bond acceptors (Lipinski definition) is 4. The quantitative estimate of drug-likeness (QED) is 0.919. The first-order valence-corrected chi connectivity index (χ1v) is 7.29. The molecule has 5 nitrogen and oxygen atoms in total. The molecule has 2 fully saturated rings. The van der Waals surface area contributed by atoms with Crippen molar-refractivity contribution in [3.63, 3.8) is 0 Å². The number of carbonyl (C=O) groups is 1. The second-order valence-electron chi connectivity index (χ2n) is 6.48. The van der Waals surface area contributed by atoms with Gasteiger partial charge in [-0.05, 0) is 40.5 Å². The molecule has 3 rings (SSSR count). The zero-order valence-corrected chi connectivity index (χ0v) is 12.5. The number of carbonyl (C=O) groups excluding carboxylic acids is 1. The Kier molecular flexibility index (Phi) is 3.12. The van der Waals surface area contributed by atoms with Crippen molar-refractivity contribution in [2.75, 3.05) is 6.61 Å². The summed E-state index contributed by atoms with van der Waals surface area (Å²) in [6.45, 7) is 8.55. The predicted molar refractivity (Wildman–Crippen MR) is 73.1 cm³/mol. The Balaban J connectivity index is 1.72. The fourth-order valence-electron chi connectivity index (χ4n) is 3.62. The first kappa shape index (κ1) is 13.6. The molecule has 2 aliphatic rings. The molecule has 0 aromatic carbocycles. The normalized spacial score (nSPS) is 28.9. The maximum Gasteiger partial charge on any atom is 0.226 e. The maximum atomic E-state index is 12.5. The van der Waals surface area contributed by atoms with Gasteiger partial charge in [-0.15, -0.1) is 0 Å². The van der Waals surface area contributed by atoms with Crippen LogP contribution in [-0.4, -0.2) is 23.8 Å². The summed E-state index contributed by atoms with van der Waals surface area (Å²) in [6.07, 6.45) is 2.32. The van der Waals surface area contributed by atoms with Crippen LogP contribution in [0, 0.1) is 25.7 Å². The molecule has 0 bridgehead atoms. The Hall–Kier alpha value is -1.36. The zero-order valence-electron chi connectivity index (χ0n) is 12.5. The number of amides is 1. The van der Waals surface area contributed by atoms with Crippen LogP contribution in [0.4, 0.5) is 0 Å². The van der Waals surface area contributed by atoms with Crippen molar-refractivity contribution in [3.05, 3.63) is 17.0 Å². The van der Waals surface area contributed by atoms with E-state index in [4.69, 9.17) is 9.26 Å². The van der Waals surface area contributed by atoms with E-state index < -0.39 is 5.54 Å². The predicted octanol–water partition coefficient (Wildman–Crippen LogP) is 2.07. The molecule has 1 saturated heterocycles. The summed E-state index contributed by atoms with van der Waals surface area (Å²) < 4.78 is 10.9. The van der Waals surface area contributed by atoms with Gasteiger partial charge in [0.05, 0.1) is 23.3 Å². The molecule has 1 aromatic heterocycles. The SMILES string of the molecule is Cc1noc(C)c1C(C)(C)NC(=O)C1C2CCCOC21. The molecule has 1 saturated carbocycles. The minimum absolute atomic E-state index is 0.0252. The van der Waals surface area contributed by atoms with Gasteiger partial charge in [0.1, 0.15) is 5.76 Å². The third kappa shape index (κ3) is 2.14. The molecule has 0 radical (unpaired) electrons. The second kappa shape index (κ2) is 4.58. The van der Waals surface area contributed by atoms with Crippen LogP contribution >= 0.6 is 0 Å². The van der Waals surface area contributed by atoms with E-state index in [9.17, 15) is 4.79 Å². The minimum Gasteiger partial charge on any atom is -0.377 e. The van der Waals surface area contributed by atoms with Crippen molar-refractivity contribution in [2.45, 2.75) is 52.2 Å². The van der Waals surface area contributed by atoms with Crippen molar-refractivity contribution in [3.8, 4) is 0 Å². The number of fused-ring (bicyclic) bond motifs is 1. The minimum atomic E-state index is -0.475. The molecule has 1 aromatic rings. The van der Waals surface area contributed by atoms with Crippen LogP contribution in [0.25, 0.3) is 0 Å². The average molecular weight is 278 g/mol. The van der Waals surface area contributed by atoms with E-state index in [0.29, 0.717) is 5.92 Å². The van der Waals surface area contributed by atoms with Gasteiger partial charge in [0, 0.05) is 18.1 Å². The van der Waals surface area contributed by atoms with E-state index in [-0.39, 0.29) is 17.9 Å². The molecule has 3 unspecified atom stereocenters. The largest absolute Gasteiger partial charge is 0.377 e. The number of aryl methyl sites for hydroxylation is 2. The Labute approximate surface area is 119 Å². The van der Waals surface area contributed by atoms with E-state index in [1.165, 1.54) is 0 Å². The summed E-state index contributed by atoms with van der Waals surface area (Å²) in [4.78, 5) is 12.5. The molecule has 110 valence electrons. The summed E-state index contributed by atoms with van der Waals surface area (Å²) in [5.41, 5.74) is 1.32. The lowest BCUT2D eigenvalue weighted by molar-refractivity contribution is -0.125. The number of nitrogens with one attached hydrogen (secondary N) is 1. The fraction of sp³-hybridized carbons (Fsp3) is 0.733. The van der Waals surface area contributed by atoms with Crippen LogP contribution in [0.3, 0.4) is 0 Å². The van der Waals surface area contributed by atoms with Gasteiger partial charge in [0.25, 0.3) is 0 Å². The van der Waals surface area contributed by atoms with E-state index >= 15 is 0 Å². The van der Waals surface area contributed by atoms with Crippen molar-refractivity contribution in [1.29, 1.82) is 0 Å². The standard InChI is InChI=1S/C15H22N2O3/c1-8-12(9(2)20-17-8)15(3,4)16-14(18)11-10-6-5-7-19-13(10)11/h10-11,13H,5-7H2,1-4H3,(H,16,18). The third-order valence-corrected chi connectivity index (χ3v) is 4.49. The number of nitrogens with zero attached hydrogens (tertiary/aromatic N) is 1. The number of ether oxygens (including phenoxy) is 1. The van der Waals surface area contributed by atoms with Gasteiger partial charge < -0.3 is 14.6 Å². The average Bonchev–Trinajstić information content (AvgIpc) is 3.00. The van der Waals surface area contributed by atoms with Crippen molar-refractivity contribution in [1.82, 2.24) is 10.5 Å². The molecular formula is C15H22N2O3. The lowest BCUT2D eigenvalue weighted by atomic mass is 9.92. The smallest absolute Gasteiger partial charge is 0.226 e. The van der Waals surface area contributed by atoms with E-state index in [0.717, 1.165) is 36.5 Å². The highest BCUT2D eigenvalue weighted by molar-refractivity contribution is 5.83. The molecule has 20 heavy (non-hydrogen) atoms. The highest BCUT2D eigenvalue weighted by Crippen LogP contribution is 2.48. The molecule has 1 aliphatic carbocycles. The summed E-state index contributed by atoms with van der Waals surface area (Å²) in [7, 11) is 0. The monoisotopic (exact) mass is 278 g/mol. The maximum absolute atomic E-state index is 12.5. The summed E-state index contributed by atoms with van der Waals surface area (Å²) >= 11 is 0. The molecular weight excluding hydrogens is 256 g/mol. The molecule has 1 aliphatic heterocycles. The lowest BCUT2D eigenvalue weighted by Gasteiger charge is -2.26. The van der Waals surface area contributed by atoms with Gasteiger partial charge >= 0.3 is 0 Å².